The summed E-state index contributed by atoms with van der Waals surface area (Å²) in [4.78, 5) is 13.2. The van der Waals surface area contributed by atoms with Crippen molar-refractivity contribution in [1.29, 1.82) is 0 Å². The van der Waals surface area contributed by atoms with Crippen molar-refractivity contribution in [2.24, 2.45) is 5.10 Å². The van der Waals surface area contributed by atoms with Gasteiger partial charge in [0.15, 0.2) is 0 Å². The van der Waals surface area contributed by atoms with Gasteiger partial charge in [-0.1, -0.05) is 35.5 Å². The van der Waals surface area contributed by atoms with Crippen LogP contribution in [0.25, 0.3) is 5.69 Å². The number of hydrogen-bond donors (Lipinski definition) is 1. The number of rotatable bonds is 6. The molecule has 33 heavy (non-hydrogen) atoms. The zero-order chi connectivity index (χ0) is 22.8. The van der Waals surface area contributed by atoms with Crippen molar-refractivity contribution in [3.63, 3.8) is 0 Å². The Hall–Kier alpha value is -3.63. The van der Waals surface area contributed by atoms with Gasteiger partial charge < -0.3 is 9.52 Å². The number of thioether (sulfide) groups is 1. The maximum absolute atomic E-state index is 13.2. The Balaban J connectivity index is 1.36. The summed E-state index contributed by atoms with van der Waals surface area (Å²) >= 11 is 7.21. The van der Waals surface area contributed by atoms with Crippen molar-refractivity contribution >= 4 is 35.0 Å². The van der Waals surface area contributed by atoms with Crippen LogP contribution in [-0.2, 0) is 4.79 Å². The second-order valence-electron chi connectivity index (χ2n) is 7.21. The van der Waals surface area contributed by atoms with E-state index >= 15 is 0 Å². The molecule has 0 radical (unpaired) electrons. The molecule has 0 spiro atoms. The molecule has 0 saturated carbocycles. The van der Waals surface area contributed by atoms with Crippen LogP contribution in [0.3, 0.4) is 0 Å². The van der Waals surface area contributed by atoms with E-state index in [0.29, 0.717) is 28.0 Å². The van der Waals surface area contributed by atoms with E-state index in [2.05, 4.69) is 20.6 Å². The number of aromatic nitrogens is 4. The SMILES string of the molecule is O=C(CSc1nnnn1-c1ccc(O)cc1)N1N=C(c2ccc(Cl)cc2)C[C@@H]1c1ccco1. The summed E-state index contributed by atoms with van der Waals surface area (Å²) in [5.41, 5.74) is 2.35. The fourth-order valence-corrected chi connectivity index (χ4v) is 4.35. The predicted octanol–water partition coefficient (Wildman–Crippen LogP) is 4.08. The van der Waals surface area contributed by atoms with Crippen LogP contribution in [0.15, 0.2) is 81.6 Å². The van der Waals surface area contributed by atoms with Gasteiger partial charge in [-0.15, -0.1) is 5.10 Å². The number of amides is 1. The molecule has 1 aliphatic rings. The monoisotopic (exact) mass is 480 g/mol. The molecule has 0 fully saturated rings. The number of aromatic hydroxyl groups is 1. The number of hydrazone groups is 1. The molecule has 2 aromatic carbocycles. The molecule has 0 saturated heterocycles. The minimum atomic E-state index is -0.341. The third-order valence-electron chi connectivity index (χ3n) is 5.07. The van der Waals surface area contributed by atoms with Gasteiger partial charge in [0.2, 0.25) is 5.16 Å². The quantitative estimate of drug-likeness (QED) is 0.414. The number of phenolic OH excluding ortho intramolecular Hbond substituents is 1. The van der Waals surface area contributed by atoms with Crippen molar-refractivity contribution in [2.45, 2.75) is 17.6 Å². The van der Waals surface area contributed by atoms with E-state index in [4.69, 9.17) is 16.0 Å². The molecule has 1 amide bonds. The van der Waals surface area contributed by atoms with E-state index in [1.165, 1.54) is 21.5 Å². The fourth-order valence-electron chi connectivity index (χ4n) is 3.48. The molecule has 4 aromatic rings. The Morgan fingerprint density at radius 3 is 2.67 bits per heavy atom. The molecule has 0 aliphatic carbocycles. The highest BCUT2D eigenvalue weighted by Crippen LogP contribution is 2.34. The van der Waals surface area contributed by atoms with E-state index in [0.717, 1.165) is 11.3 Å². The molecule has 1 N–H and O–H groups in total. The highest BCUT2D eigenvalue weighted by atomic mass is 35.5. The molecular formula is C22H17ClN6O3S. The molecule has 3 heterocycles. The maximum Gasteiger partial charge on any atom is 0.253 e. The molecule has 11 heteroatoms. The minimum Gasteiger partial charge on any atom is -0.508 e. The summed E-state index contributed by atoms with van der Waals surface area (Å²) < 4.78 is 7.09. The summed E-state index contributed by atoms with van der Waals surface area (Å²) in [7, 11) is 0. The standard InChI is InChI=1S/C22H17ClN6O3S/c23-15-5-3-14(4-6-15)18-12-19(20-2-1-11-32-20)29(25-18)21(31)13-33-22-24-26-27-28(22)16-7-9-17(30)10-8-16/h1-11,19,30H,12-13H2/t19-/m1/s1. The van der Waals surface area contributed by atoms with Crippen LogP contribution in [-0.4, -0.2) is 47.7 Å². The van der Waals surface area contributed by atoms with Gasteiger partial charge in [0, 0.05) is 11.4 Å². The van der Waals surface area contributed by atoms with E-state index in [1.54, 1.807) is 48.7 Å². The third-order valence-corrected chi connectivity index (χ3v) is 6.23. The Morgan fingerprint density at radius 2 is 1.94 bits per heavy atom. The Labute approximate surface area is 197 Å². The van der Waals surface area contributed by atoms with Crippen LogP contribution in [0.5, 0.6) is 5.75 Å². The van der Waals surface area contributed by atoms with Gasteiger partial charge in [-0.25, -0.2) is 5.01 Å². The fraction of sp³-hybridized carbons (Fsp3) is 0.136. The summed E-state index contributed by atoms with van der Waals surface area (Å²) in [6.45, 7) is 0. The summed E-state index contributed by atoms with van der Waals surface area (Å²) in [5.74, 6) is 0.678. The van der Waals surface area contributed by atoms with Crippen LogP contribution in [0.2, 0.25) is 5.02 Å². The highest BCUT2D eigenvalue weighted by molar-refractivity contribution is 7.99. The van der Waals surface area contributed by atoms with Crippen LogP contribution in [0.1, 0.15) is 23.8 Å². The van der Waals surface area contributed by atoms with Crippen molar-refractivity contribution in [1.82, 2.24) is 25.2 Å². The van der Waals surface area contributed by atoms with E-state index in [1.807, 2.05) is 18.2 Å². The molecule has 1 aliphatic heterocycles. The summed E-state index contributed by atoms with van der Waals surface area (Å²) in [5, 5.41) is 28.4. The Bertz CT molecular complexity index is 1290. The van der Waals surface area contributed by atoms with Crippen LogP contribution in [0, 0.1) is 0 Å². The molecule has 0 bridgehead atoms. The van der Waals surface area contributed by atoms with Crippen LogP contribution in [0.4, 0.5) is 0 Å². The number of phenols is 1. The Morgan fingerprint density at radius 1 is 1.15 bits per heavy atom. The van der Waals surface area contributed by atoms with E-state index in [-0.39, 0.29) is 23.5 Å². The first kappa shape index (κ1) is 21.2. The molecule has 9 nitrogen and oxygen atoms in total. The molecule has 0 unspecified atom stereocenters. The number of tetrazole rings is 1. The van der Waals surface area contributed by atoms with Gasteiger partial charge >= 0.3 is 0 Å². The van der Waals surface area contributed by atoms with Gasteiger partial charge in [-0.3, -0.25) is 4.79 Å². The molecule has 2 aromatic heterocycles. The normalized spacial score (nSPS) is 15.6. The number of nitrogens with zero attached hydrogens (tertiary/aromatic N) is 6. The van der Waals surface area contributed by atoms with Crippen LogP contribution >= 0.6 is 23.4 Å². The van der Waals surface area contributed by atoms with Crippen molar-refractivity contribution in [3.8, 4) is 11.4 Å². The minimum absolute atomic E-state index is 0.0765. The van der Waals surface area contributed by atoms with Gasteiger partial charge in [0.05, 0.1) is 23.4 Å². The highest BCUT2D eigenvalue weighted by Gasteiger charge is 2.35. The number of carbonyl (C=O) groups excluding carboxylic acids is 1. The second kappa shape index (κ2) is 9.08. The topological polar surface area (TPSA) is 110 Å². The molecule has 166 valence electrons. The molecule has 5 rings (SSSR count). The van der Waals surface area contributed by atoms with Gasteiger partial charge in [-0.05, 0) is 64.5 Å². The first-order valence-electron chi connectivity index (χ1n) is 9.98. The zero-order valence-electron chi connectivity index (χ0n) is 17.1. The number of furan rings is 1. The number of benzene rings is 2. The van der Waals surface area contributed by atoms with E-state index < -0.39 is 0 Å². The van der Waals surface area contributed by atoms with Crippen molar-refractivity contribution in [2.75, 3.05) is 5.75 Å². The first-order chi connectivity index (χ1) is 16.1. The lowest BCUT2D eigenvalue weighted by Gasteiger charge is -2.19. The lowest BCUT2D eigenvalue weighted by atomic mass is 10.0. The number of hydrogen-bond acceptors (Lipinski definition) is 8. The lowest BCUT2D eigenvalue weighted by molar-refractivity contribution is -0.130. The average Bonchev–Trinajstić information content (AvgIpc) is 3.59. The number of halogens is 1. The second-order valence-corrected chi connectivity index (χ2v) is 8.58. The smallest absolute Gasteiger partial charge is 0.253 e. The zero-order valence-corrected chi connectivity index (χ0v) is 18.6. The first-order valence-corrected chi connectivity index (χ1v) is 11.3. The molecular weight excluding hydrogens is 464 g/mol. The third kappa shape index (κ3) is 4.48. The van der Waals surface area contributed by atoms with Gasteiger partial charge in [0.25, 0.3) is 5.91 Å². The lowest BCUT2D eigenvalue weighted by Crippen LogP contribution is -2.28. The van der Waals surface area contributed by atoms with Crippen LogP contribution < -0.4 is 0 Å². The maximum atomic E-state index is 13.2. The Kier molecular flexibility index (Phi) is 5.84. The van der Waals surface area contributed by atoms with Gasteiger partial charge in [0.1, 0.15) is 17.6 Å². The average molecular weight is 481 g/mol. The van der Waals surface area contributed by atoms with E-state index in [9.17, 15) is 9.90 Å². The summed E-state index contributed by atoms with van der Waals surface area (Å²) in [6.07, 6.45) is 2.11. The van der Waals surface area contributed by atoms with Gasteiger partial charge in [-0.2, -0.15) is 9.78 Å². The largest absolute Gasteiger partial charge is 0.508 e. The number of carbonyl (C=O) groups is 1. The van der Waals surface area contributed by atoms with Crippen molar-refractivity contribution in [3.05, 3.63) is 83.3 Å². The predicted molar refractivity (Wildman–Crippen MR) is 122 cm³/mol. The summed E-state index contributed by atoms with van der Waals surface area (Å²) in [6, 6.07) is 17.1. The molecule has 1 atom stereocenters. The van der Waals surface area contributed by atoms with Crippen molar-refractivity contribution < 1.29 is 14.3 Å².